The van der Waals surface area contributed by atoms with Crippen molar-refractivity contribution in [2.45, 2.75) is 45.8 Å². The first-order valence-electron chi connectivity index (χ1n) is 13.7. The highest BCUT2D eigenvalue weighted by Gasteiger charge is 2.23. The fraction of sp³-hybridized carbons (Fsp3) is 0.333. The molecule has 0 aliphatic carbocycles. The van der Waals surface area contributed by atoms with Gasteiger partial charge in [0, 0.05) is 13.1 Å². The Balaban J connectivity index is 1.41. The minimum atomic E-state index is -0.542. The molecule has 3 aromatic carbocycles. The Labute approximate surface area is 236 Å². The molecule has 1 saturated heterocycles. The number of carbonyl (C=O) groups is 2. The number of hydrogen-bond acceptors (Lipinski definition) is 5. The molecule has 0 aromatic heterocycles. The maximum atomic E-state index is 12.7. The van der Waals surface area contributed by atoms with E-state index in [9.17, 15) is 9.59 Å². The van der Waals surface area contributed by atoms with E-state index in [1.165, 1.54) is 5.57 Å². The van der Waals surface area contributed by atoms with Gasteiger partial charge in [0.25, 0.3) is 0 Å². The normalized spacial score (nSPS) is 13.4. The monoisotopic (exact) mass is 542 g/mol. The van der Waals surface area contributed by atoms with Gasteiger partial charge in [-0.25, -0.2) is 9.59 Å². The molecule has 1 heterocycles. The van der Waals surface area contributed by atoms with E-state index in [1.54, 1.807) is 4.90 Å². The van der Waals surface area contributed by atoms with Crippen LogP contribution in [0.25, 0.3) is 5.57 Å². The van der Waals surface area contributed by atoms with Crippen LogP contribution in [0.15, 0.2) is 90.5 Å². The molecule has 0 bridgehead atoms. The molecule has 0 spiro atoms. The van der Waals surface area contributed by atoms with E-state index in [1.807, 2.05) is 87.5 Å². The van der Waals surface area contributed by atoms with Crippen molar-refractivity contribution in [1.29, 1.82) is 0 Å². The number of alkyl carbamates (subject to hydrolysis) is 1. The minimum Gasteiger partial charge on any atom is -0.492 e. The SMILES string of the molecule is CC(C)(C)OC(=O)NCCOc1cccc(C(=C2CCN(C(=O)OCc3ccccc3)CC2)c2ccccc2)c1. The number of hydrogen-bond donors (Lipinski definition) is 1. The number of nitrogens with zero attached hydrogens (tertiary/aromatic N) is 1. The molecule has 1 aliphatic heterocycles. The highest BCUT2D eigenvalue weighted by atomic mass is 16.6. The maximum Gasteiger partial charge on any atom is 0.410 e. The van der Waals surface area contributed by atoms with Gasteiger partial charge in [-0.05, 0) is 68.0 Å². The Hall–Kier alpha value is -4.26. The lowest BCUT2D eigenvalue weighted by atomic mass is 9.88. The molecule has 4 rings (SSSR count). The predicted octanol–water partition coefficient (Wildman–Crippen LogP) is 6.82. The molecule has 0 atom stereocenters. The van der Waals surface area contributed by atoms with Gasteiger partial charge in [0.2, 0.25) is 0 Å². The molecular weight excluding hydrogens is 504 g/mol. The Morgan fingerprint density at radius 1 is 0.850 bits per heavy atom. The van der Waals surface area contributed by atoms with E-state index in [-0.39, 0.29) is 12.7 Å². The molecule has 7 heteroatoms. The van der Waals surface area contributed by atoms with Crippen molar-refractivity contribution in [3.05, 3.63) is 107 Å². The molecule has 7 nitrogen and oxygen atoms in total. The fourth-order valence-corrected chi connectivity index (χ4v) is 4.58. The van der Waals surface area contributed by atoms with Crippen molar-refractivity contribution in [2.24, 2.45) is 0 Å². The van der Waals surface area contributed by atoms with Crippen LogP contribution in [0.2, 0.25) is 0 Å². The lowest BCUT2D eigenvalue weighted by Crippen LogP contribution is -2.37. The van der Waals surface area contributed by atoms with Crippen LogP contribution in [0.3, 0.4) is 0 Å². The summed E-state index contributed by atoms with van der Waals surface area (Å²) in [6, 6.07) is 28.0. The summed E-state index contributed by atoms with van der Waals surface area (Å²) >= 11 is 0. The zero-order valence-corrected chi connectivity index (χ0v) is 23.5. The van der Waals surface area contributed by atoms with Gasteiger partial charge in [0.05, 0.1) is 6.54 Å². The van der Waals surface area contributed by atoms with Crippen molar-refractivity contribution < 1.29 is 23.8 Å². The van der Waals surface area contributed by atoms with Gasteiger partial charge in [-0.3, -0.25) is 0 Å². The van der Waals surface area contributed by atoms with Crippen LogP contribution < -0.4 is 10.1 Å². The van der Waals surface area contributed by atoms with Gasteiger partial charge < -0.3 is 24.4 Å². The van der Waals surface area contributed by atoms with Gasteiger partial charge in [0.15, 0.2) is 0 Å². The van der Waals surface area contributed by atoms with E-state index in [0.717, 1.165) is 40.9 Å². The summed E-state index contributed by atoms with van der Waals surface area (Å²) in [5.41, 5.74) is 5.07. The quantitative estimate of drug-likeness (QED) is 0.316. The number of carbonyl (C=O) groups excluding carboxylic acids is 2. The Kier molecular flexibility index (Phi) is 9.84. The lowest BCUT2D eigenvalue weighted by Gasteiger charge is -2.29. The fourth-order valence-electron chi connectivity index (χ4n) is 4.58. The zero-order chi connectivity index (χ0) is 28.4. The summed E-state index contributed by atoms with van der Waals surface area (Å²) in [6.07, 6.45) is 0.779. The molecule has 210 valence electrons. The van der Waals surface area contributed by atoms with Crippen LogP contribution >= 0.6 is 0 Å². The number of likely N-dealkylation sites (tertiary alicyclic amines) is 1. The number of rotatable bonds is 8. The van der Waals surface area contributed by atoms with Crippen molar-refractivity contribution in [2.75, 3.05) is 26.2 Å². The first-order chi connectivity index (χ1) is 19.3. The Bertz CT molecular complexity index is 1290. The van der Waals surface area contributed by atoms with Crippen molar-refractivity contribution in [1.82, 2.24) is 10.2 Å². The second-order valence-electron chi connectivity index (χ2n) is 10.7. The molecule has 2 amide bonds. The summed E-state index contributed by atoms with van der Waals surface area (Å²) in [7, 11) is 0. The molecule has 0 radical (unpaired) electrons. The molecule has 1 N–H and O–H groups in total. The first-order valence-corrected chi connectivity index (χ1v) is 13.7. The summed E-state index contributed by atoms with van der Waals surface area (Å²) in [5.74, 6) is 0.722. The van der Waals surface area contributed by atoms with E-state index < -0.39 is 11.7 Å². The van der Waals surface area contributed by atoms with Crippen LogP contribution in [0.4, 0.5) is 9.59 Å². The summed E-state index contributed by atoms with van der Waals surface area (Å²) < 4.78 is 16.8. The topological polar surface area (TPSA) is 77.1 Å². The van der Waals surface area contributed by atoms with E-state index in [2.05, 4.69) is 23.5 Å². The van der Waals surface area contributed by atoms with Crippen LogP contribution in [-0.4, -0.2) is 48.9 Å². The van der Waals surface area contributed by atoms with Gasteiger partial charge >= 0.3 is 12.2 Å². The number of piperidine rings is 1. The Morgan fingerprint density at radius 2 is 1.50 bits per heavy atom. The standard InChI is InChI=1S/C33H38N2O5/c1-33(2,3)40-31(36)34-19-22-38-29-16-10-15-28(23-29)30(26-13-8-5-9-14-26)27-17-20-35(21-18-27)32(37)39-24-25-11-6-4-7-12-25/h4-16,23H,17-22,24H2,1-3H3,(H,34,36). The molecule has 0 saturated carbocycles. The smallest absolute Gasteiger partial charge is 0.410 e. The zero-order valence-electron chi connectivity index (χ0n) is 23.5. The molecule has 1 fully saturated rings. The highest BCUT2D eigenvalue weighted by molar-refractivity contribution is 5.83. The number of ether oxygens (including phenoxy) is 3. The first kappa shape index (κ1) is 28.7. The second-order valence-corrected chi connectivity index (χ2v) is 10.7. The van der Waals surface area contributed by atoms with Gasteiger partial charge in [0.1, 0.15) is 24.6 Å². The summed E-state index contributed by atoms with van der Waals surface area (Å²) in [5, 5.41) is 2.72. The molecule has 40 heavy (non-hydrogen) atoms. The Morgan fingerprint density at radius 3 is 2.17 bits per heavy atom. The lowest BCUT2D eigenvalue weighted by molar-refractivity contribution is 0.0520. The summed E-state index contributed by atoms with van der Waals surface area (Å²) in [6.45, 7) is 7.62. The van der Waals surface area contributed by atoms with Crippen molar-refractivity contribution in [3.8, 4) is 5.75 Å². The van der Waals surface area contributed by atoms with Crippen molar-refractivity contribution in [3.63, 3.8) is 0 Å². The molecule has 1 aliphatic rings. The predicted molar refractivity (Wildman–Crippen MR) is 156 cm³/mol. The minimum absolute atomic E-state index is 0.272. The second kappa shape index (κ2) is 13.7. The average Bonchev–Trinajstić information content (AvgIpc) is 2.95. The largest absolute Gasteiger partial charge is 0.492 e. The number of nitrogens with one attached hydrogen (secondary N) is 1. The third kappa shape index (κ3) is 8.63. The number of amides is 2. The van der Waals surface area contributed by atoms with E-state index in [4.69, 9.17) is 14.2 Å². The van der Waals surface area contributed by atoms with Crippen LogP contribution in [0.1, 0.15) is 50.3 Å². The van der Waals surface area contributed by atoms with Crippen LogP contribution in [-0.2, 0) is 16.1 Å². The maximum absolute atomic E-state index is 12.7. The van der Waals surface area contributed by atoms with Crippen LogP contribution in [0.5, 0.6) is 5.75 Å². The molecular formula is C33H38N2O5. The summed E-state index contributed by atoms with van der Waals surface area (Å²) in [4.78, 5) is 26.4. The van der Waals surface area contributed by atoms with Crippen LogP contribution in [0, 0.1) is 0 Å². The average molecular weight is 543 g/mol. The van der Waals surface area contributed by atoms with Gasteiger partial charge in [-0.2, -0.15) is 0 Å². The van der Waals surface area contributed by atoms with E-state index >= 15 is 0 Å². The van der Waals surface area contributed by atoms with Gasteiger partial charge in [-0.1, -0.05) is 78.4 Å². The highest BCUT2D eigenvalue weighted by Crippen LogP contribution is 2.34. The third-order valence-corrected chi connectivity index (χ3v) is 6.41. The van der Waals surface area contributed by atoms with Crippen molar-refractivity contribution >= 4 is 17.8 Å². The van der Waals surface area contributed by atoms with Gasteiger partial charge in [-0.15, -0.1) is 0 Å². The third-order valence-electron chi connectivity index (χ3n) is 6.41. The number of benzene rings is 3. The van der Waals surface area contributed by atoms with E-state index in [0.29, 0.717) is 26.2 Å². The molecule has 3 aromatic rings. The molecule has 0 unspecified atom stereocenters.